The summed E-state index contributed by atoms with van der Waals surface area (Å²) in [5, 5.41) is 0. The molecule has 0 amide bonds. The molecule has 5 heteroatoms. The van der Waals surface area contributed by atoms with E-state index in [1.807, 2.05) is 19.4 Å². The van der Waals surface area contributed by atoms with E-state index in [1.54, 1.807) is 0 Å². The van der Waals surface area contributed by atoms with E-state index in [0.717, 1.165) is 18.9 Å². The van der Waals surface area contributed by atoms with Crippen LogP contribution in [-0.2, 0) is 20.1 Å². The highest BCUT2D eigenvalue weighted by Gasteiger charge is 2.31. The number of hydrogen-bond acceptors (Lipinski definition) is 4. The van der Waals surface area contributed by atoms with Gasteiger partial charge in [-0.3, -0.25) is 4.90 Å². The molecule has 3 rings (SSSR count). The Kier molecular flexibility index (Phi) is 3.69. The van der Waals surface area contributed by atoms with E-state index in [9.17, 15) is 0 Å². The third-order valence-corrected chi connectivity index (χ3v) is 4.32. The minimum atomic E-state index is 0.275. The Morgan fingerprint density at radius 1 is 1.38 bits per heavy atom. The molecule has 112 valence electrons. The monoisotopic (exact) mass is 285 g/mol. The number of nitrogens with two attached hydrogens (primary N) is 1. The van der Waals surface area contributed by atoms with Crippen LogP contribution < -0.4 is 10.6 Å². The van der Waals surface area contributed by atoms with Gasteiger partial charge in [0, 0.05) is 58.4 Å². The second-order valence-corrected chi connectivity index (χ2v) is 5.85. The maximum atomic E-state index is 6.05. The summed E-state index contributed by atoms with van der Waals surface area (Å²) in [5.41, 5.74) is 10.1. The highest BCUT2D eigenvalue weighted by Crippen LogP contribution is 2.38. The molecule has 1 aliphatic heterocycles. The van der Waals surface area contributed by atoms with Gasteiger partial charge in [0.05, 0.1) is 6.54 Å². The summed E-state index contributed by atoms with van der Waals surface area (Å²) in [6.45, 7) is 2.39. The van der Waals surface area contributed by atoms with Crippen molar-refractivity contribution >= 4 is 5.69 Å². The Balaban J connectivity index is 1.92. The van der Waals surface area contributed by atoms with Gasteiger partial charge < -0.3 is 15.2 Å². The first-order valence-corrected chi connectivity index (χ1v) is 7.31. The molecule has 0 saturated carbocycles. The molecule has 1 unspecified atom stereocenters. The molecule has 0 aliphatic carbocycles. The summed E-state index contributed by atoms with van der Waals surface area (Å²) < 4.78 is 2.07. The third-order valence-electron chi connectivity index (χ3n) is 4.32. The van der Waals surface area contributed by atoms with Crippen LogP contribution in [-0.4, -0.2) is 35.1 Å². The molecule has 1 aromatic heterocycles. The number of rotatable bonds is 4. The van der Waals surface area contributed by atoms with Crippen molar-refractivity contribution in [3.8, 4) is 0 Å². The highest BCUT2D eigenvalue weighted by molar-refractivity contribution is 5.58. The fourth-order valence-electron chi connectivity index (χ4n) is 3.18. The molecular formula is C16H23N5. The Labute approximate surface area is 126 Å². The lowest BCUT2D eigenvalue weighted by molar-refractivity contribution is 0.203. The highest BCUT2D eigenvalue weighted by atomic mass is 15.2. The third kappa shape index (κ3) is 2.43. The van der Waals surface area contributed by atoms with E-state index in [0.29, 0.717) is 6.54 Å². The van der Waals surface area contributed by atoms with Crippen molar-refractivity contribution < 1.29 is 0 Å². The van der Waals surface area contributed by atoms with Crippen molar-refractivity contribution in [1.82, 2.24) is 14.5 Å². The summed E-state index contributed by atoms with van der Waals surface area (Å²) in [6.07, 6.45) is 3.84. The molecule has 0 radical (unpaired) electrons. The Bertz CT molecular complexity index is 631. The maximum Gasteiger partial charge on any atom is 0.122 e. The molecule has 5 nitrogen and oxygen atoms in total. The average Bonchev–Trinajstić information content (AvgIpc) is 3.02. The summed E-state index contributed by atoms with van der Waals surface area (Å²) in [4.78, 5) is 9.03. The van der Waals surface area contributed by atoms with Gasteiger partial charge in [-0.25, -0.2) is 4.98 Å². The Morgan fingerprint density at radius 3 is 2.81 bits per heavy atom. The second-order valence-electron chi connectivity index (χ2n) is 5.85. The zero-order chi connectivity index (χ0) is 15.0. The van der Waals surface area contributed by atoms with Crippen molar-refractivity contribution in [3.63, 3.8) is 0 Å². The molecule has 1 atom stereocenters. The fraction of sp³-hybridized carbons (Fsp3) is 0.438. The topological polar surface area (TPSA) is 50.3 Å². The van der Waals surface area contributed by atoms with Gasteiger partial charge in [0.25, 0.3) is 0 Å². The molecule has 21 heavy (non-hydrogen) atoms. The van der Waals surface area contributed by atoms with Crippen LogP contribution in [0.1, 0.15) is 23.0 Å². The summed E-state index contributed by atoms with van der Waals surface area (Å²) in [6, 6.07) is 6.78. The SMILES string of the molecule is CN(C)c1cccc2c1CN(Cc1nccn1C)C2CN. The molecule has 0 saturated heterocycles. The standard InChI is InChI=1S/C16H23N5/c1-19(2)14-6-4-5-12-13(14)10-21(15(12)9-17)11-16-18-7-8-20(16)3/h4-8,15H,9-11,17H2,1-3H3. The van der Waals surface area contributed by atoms with Gasteiger partial charge in [0.15, 0.2) is 0 Å². The van der Waals surface area contributed by atoms with Gasteiger partial charge in [-0.15, -0.1) is 0 Å². The molecule has 0 bridgehead atoms. The Morgan fingerprint density at radius 2 is 2.19 bits per heavy atom. The molecule has 2 heterocycles. The lowest BCUT2D eigenvalue weighted by Crippen LogP contribution is -2.28. The zero-order valence-electron chi connectivity index (χ0n) is 13.0. The predicted octanol–water partition coefficient (Wildman–Crippen LogP) is 1.50. The van der Waals surface area contributed by atoms with Crippen LogP contribution in [0, 0.1) is 0 Å². The van der Waals surface area contributed by atoms with Crippen LogP contribution in [0.4, 0.5) is 5.69 Å². The number of imidazole rings is 1. The minimum Gasteiger partial charge on any atom is -0.377 e. The van der Waals surface area contributed by atoms with Crippen molar-refractivity contribution in [2.45, 2.75) is 19.1 Å². The van der Waals surface area contributed by atoms with Gasteiger partial charge in [0.1, 0.15) is 5.82 Å². The van der Waals surface area contributed by atoms with Crippen LogP contribution >= 0.6 is 0 Å². The van der Waals surface area contributed by atoms with E-state index in [1.165, 1.54) is 16.8 Å². The number of aryl methyl sites for hydroxylation is 1. The van der Waals surface area contributed by atoms with Crippen LogP contribution in [0.25, 0.3) is 0 Å². The molecular weight excluding hydrogens is 262 g/mol. The van der Waals surface area contributed by atoms with E-state index >= 15 is 0 Å². The first kappa shape index (κ1) is 14.1. The van der Waals surface area contributed by atoms with E-state index in [2.05, 4.69) is 51.6 Å². The number of anilines is 1. The van der Waals surface area contributed by atoms with Gasteiger partial charge in [0.2, 0.25) is 0 Å². The summed E-state index contributed by atoms with van der Waals surface area (Å²) in [7, 11) is 6.22. The molecule has 0 fully saturated rings. The lowest BCUT2D eigenvalue weighted by atomic mass is 10.0. The van der Waals surface area contributed by atoms with Crippen LogP contribution in [0.3, 0.4) is 0 Å². The number of hydrogen-bond donors (Lipinski definition) is 1. The second kappa shape index (κ2) is 5.50. The van der Waals surface area contributed by atoms with E-state index in [4.69, 9.17) is 5.73 Å². The quantitative estimate of drug-likeness (QED) is 0.925. The molecule has 2 N–H and O–H groups in total. The van der Waals surface area contributed by atoms with Crippen LogP contribution in [0.2, 0.25) is 0 Å². The minimum absolute atomic E-state index is 0.275. The first-order valence-electron chi connectivity index (χ1n) is 7.31. The summed E-state index contributed by atoms with van der Waals surface area (Å²) in [5.74, 6) is 1.08. The Hall–Kier alpha value is -1.85. The number of nitrogens with zero attached hydrogens (tertiary/aromatic N) is 4. The molecule has 1 aliphatic rings. The zero-order valence-corrected chi connectivity index (χ0v) is 13.0. The molecule has 0 spiro atoms. The van der Waals surface area contributed by atoms with Crippen LogP contribution in [0.5, 0.6) is 0 Å². The summed E-state index contributed by atoms with van der Waals surface area (Å²) >= 11 is 0. The first-order chi connectivity index (χ1) is 10.1. The average molecular weight is 285 g/mol. The van der Waals surface area contributed by atoms with Crippen LogP contribution in [0.15, 0.2) is 30.6 Å². The van der Waals surface area contributed by atoms with Gasteiger partial charge >= 0.3 is 0 Å². The predicted molar refractivity (Wildman–Crippen MR) is 85.0 cm³/mol. The number of aromatic nitrogens is 2. The maximum absolute atomic E-state index is 6.05. The van der Waals surface area contributed by atoms with Crippen molar-refractivity contribution in [3.05, 3.63) is 47.5 Å². The fourth-order valence-corrected chi connectivity index (χ4v) is 3.18. The molecule has 1 aromatic carbocycles. The number of fused-ring (bicyclic) bond motifs is 1. The largest absolute Gasteiger partial charge is 0.377 e. The van der Waals surface area contributed by atoms with Gasteiger partial charge in [-0.2, -0.15) is 0 Å². The molecule has 2 aromatic rings. The van der Waals surface area contributed by atoms with Crippen molar-refractivity contribution in [2.24, 2.45) is 12.8 Å². The van der Waals surface area contributed by atoms with Gasteiger partial charge in [-0.1, -0.05) is 12.1 Å². The van der Waals surface area contributed by atoms with Crippen molar-refractivity contribution in [2.75, 3.05) is 25.5 Å². The van der Waals surface area contributed by atoms with Gasteiger partial charge in [-0.05, 0) is 17.2 Å². The van der Waals surface area contributed by atoms with E-state index < -0.39 is 0 Å². The van der Waals surface area contributed by atoms with Crippen molar-refractivity contribution in [1.29, 1.82) is 0 Å². The normalized spacial score (nSPS) is 18.0. The van der Waals surface area contributed by atoms with E-state index in [-0.39, 0.29) is 6.04 Å². The smallest absolute Gasteiger partial charge is 0.122 e. The number of benzene rings is 1. The lowest BCUT2D eigenvalue weighted by Gasteiger charge is -2.23.